The van der Waals surface area contributed by atoms with Crippen LogP contribution in [0.4, 0.5) is 0 Å². The first kappa shape index (κ1) is 63.2. The Bertz CT molecular complexity index is 1240. The normalized spacial score (nSPS) is 14.5. The minimum Gasteiger partial charge on any atom is -0.756 e. The Morgan fingerprint density at radius 2 is 0.908 bits per heavy atom. The molecule has 0 heterocycles. The fraction of sp³-hybridized carbons (Fsp3) is 0.804. The maximum atomic E-state index is 12.9. The van der Waals surface area contributed by atoms with E-state index in [1.54, 1.807) is 6.08 Å². The predicted molar refractivity (Wildman–Crippen MR) is 279 cm³/mol. The molecule has 0 fully saturated rings. The van der Waals surface area contributed by atoms with Gasteiger partial charge < -0.3 is 28.8 Å². The molecule has 65 heavy (non-hydrogen) atoms. The second-order valence-electron chi connectivity index (χ2n) is 19.6. The van der Waals surface area contributed by atoms with Crippen molar-refractivity contribution in [1.29, 1.82) is 0 Å². The minimum absolute atomic E-state index is 0.0110. The lowest BCUT2D eigenvalue weighted by Crippen LogP contribution is -2.45. The summed E-state index contributed by atoms with van der Waals surface area (Å²) >= 11 is 0. The predicted octanol–water partition coefficient (Wildman–Crippen LogP) is 15.5. The molecule has 3 unspecified atom stereocenters. The molecule has 0 spiro atoms. The summed E-state index contributed by atoms with van der Waals surface area (Å²) in [5, 5.41) is 13.8. The highest BCUT2D eigenvalue weighted by Crippen LogP contribution is 2.38. The Labute approximate surface area is 402 Å². The average Bonchev–Trinajstić information content (AvgIpc) is 3.26. The van der Waals surface area contributed by atoms with Gasteiger partial charge in [0.25, 0.3) is 7.82 Å². The van der Waals surface area contributed by atoms with Gasteiger partial charge in [-0.15, -0.1) is 0 Å². The minimum atomic E-state index is -4.61. The number of carbonyl (C=O) groups excluding carboxylic acids is 1. The molecule has 0 aliphatic carbocycles. The topological polar surface area (TPSA) is 108 Å². The molecule has 9 heteroatoms. The number of amides is 1. The van der Waals surface area contributed by atoms with E-state index in [-0.39, 0.29) is 12.5 Å². The maximum Gasteiger partial charge on any atom is 0.268 e. The monoisotopic (exact) mass is 933 g/mol. The van der Waals surface area contributed by atoms with Gasteiger partial charge in [0.2, 0.25) is 5.91 Å². The molecule has 8 nitrogen and oxygen atoms in total. The number of rotatable bonds is 49. The fourth-order valence-electron chi connectivity index (χ4n) is 7.63. The zero-order valence-electron chi connectivity index (χ0n) is 43.2. The highest BCUT2D eigenvalue weighted by Gasteiger charge is 2.23. The molecule has 2 N–H and O–H groups in total. The molecule has 0 saturated heterocycles. The van der Waals surface area contributed by atoms with Crippen LogP contribution in [0.5, 0.6) is 0 Å². The third kappa shape index (κ3) is 49.9. The quantitative estimate of drug-likeness (QED) is 0.0272. The number of nitrogens with one attached hydrogen (secondary N) is 1. The summed E-state index contributed by atoms with van der Waals surface area (Å²) in [5.74, 6) is -0.214. The van der Waals surface area contributed by atoms with E-state index in [2.05, 4.69) is 67.8 Å². The van der Waals surface area contributed by atoms with Crippen LogP contribution in [0.2, 0.25) is 0 Å². The number of quaternary nitrogens is 1. The first-order chi connectivity index (χ1) is 31.5. The van der Waals surface area contributed by atoms with Crippen LogP contribution in [0.1, 0.15) is 239 Å². The molecular formula is C56H105N2O6P. The summed E-state index contributed by atoms with van der Waals surface area (Å²) in [5.41, 5.74) is 0. The smallest absolute Gasteiger partial charge is 0.268 e. The van der Waals surface area contributed by atoms with Crippen LogP contribution in [0, 0.1) is 0 Å². The number of phosphoric ester groups is 1. The number of unbranched alkanes of at least 4 members (excludes halogenated alkanes) is 28. The van der Waals surface area contributed by atoms with Crippen molar-refractivity contribution < 1.29 is 32.9 Å². The van der Waals surface area contributed by atoms with Crippen molar-refractivity contribution in [2.75, 3.05) is 40.9 Å². The van der Waals surface area contributed by atoms with Crippen LogP contribution in [-0.4, -0.2) is 68.5 Å². The lowest BCUT2D eigenvalue weighted by atomic mass is 10.0. The number of nitrogens with zero attached hydrogens (tertiary/aromatic N) is 1. The van der Waals surface area contributed by atoms with Crippen molar-refractivity contribution >= 4 is 13.7 Å². The molecule has 0 aromatic rings. The molecule has 380 valence electrons. The first-order valence-corrected chi connectivity index (χ1v) is 28.6. The number of carbonyl (C=O) groups is 1. The van der Waals surface area contributed by atoms with Gasteiger partial charge in [0.15, 0.2) is 0 Å². The molecule has 0 aromatic heterocycles. The van der Waals surface area contributed by atoms with Crippen LogP contribution in [0.3, 0.4) is 0 Å². The van der Waals surface area contributed by atoms with Crippen molar-refractivity contribution in [1.82, 2.24) is 5.32 Å². The second-order valence-corrected chi connectivity index (χ2v) is 21.0. The standard InChI is InChI=1S/C56H105N2O6P/c1-6-8-10-12-14-16-18-20-22-24-26-28-29-30-32-34-36-38-40-42-44-46-48-50-56(60)57-54(53-64-65(61,62)63-52-51-58(3,4)5)55(59)49-47-45-43-41-39-37-35-33-31-27-25-23-21-19-17-15-13-11-9-7-2/h18,20,24,26,31,33,39,41,47,49,54-55,59H,6-17,19,21-23,25,27-30,32,34-38,40,42-46,48,50-53H2,1-5H3,(H-,57,60,61,62)/b20-18-,26-24-,33-31+,41-39+,49-47+. The van der Waals surface area contributed by atoms with Crippen molar-refractivity contribution in [2.24, 2.45) is 0 Å². The molecule has 3 atom stereocenters. The fourth-order valence-corrected chi connectivity index (χ4v) is 8.35. The van der Waals surface area contributed by atoms with Gasteiger partial charge in [-0.05, 0) is 77.0 Å². The van der Waals surface area contributed by atoms with Crippen molar-refractivity contribution in [3.63, 3.8) is 0 Å². The molecule has 0 radical (unpaired) electrons. The van der Waals surface area contributed by atoms with Crippen LogP contribution in [0.25, 0.3) is 0 Å². The third-order valence-corrected chi connectivity index (χ3v) is 12.9. The number of likely N-dealkylation sites (N-methyl/N-ethyl adjacent to an activating group) is 1. The van der Waals surface area contributed by atoms with Gasteiger partial charge in [-0.25, -0.2) is 0 Å². The Hall–Kier alpha value is -1.80. The summed E-state index contributed by atoms with van der Waals surface area (Å²) in [7, 11) is 1.23. The van der Waals surface area contributed by atoms with Gasteiger partial charge in [-0.3, -0.25) is 9.36 Å². The molecule has 0 aliphatic rings. The average molecular weight is 933 g/mol. The van der Waals surface area contributed by atoms with Gasteiger partial charge in [0.1, 0.15) is 13.2 Å². The van der Waals surface area contributed by atoms with Gasteiger partial charge in [-0.1, -0.05) is 216 Å². The lowest BCUT2D eigenvalue weighted by Gasteiger charge is -2.29. The molecule has 0 aliphatic heterocycles. The third-order valence-electron chi connectivity index (χ3n) is 11.9. The van der Waals surface area contributed by atoms with E-state index < -0.39 is 26.6 Å². The SMILES string of the molecule is CCCCCCC/C=C\C/C=C\CCCCCCCCCCCCCC(=O)NC(COP(=O)([O-])OCC[N+](C)(C)C)C(O)/C=C/CC/C=C/CC/C=C/CCCCCCCCCCCC. The molecule has 1 amide bonds. The molecule has 0 saturated carbocycles. The summed E-state index contributed by atoms with van der Waals surface area (Å²) in [6.45, 7) is 4.62. The Morgan fingerprint density at radius 1 is 0.538 bits per heavy atom. The molecular weight excluding hydrogens is 828 g/mol. The Morgan fingerprint density at radius 3 is 1.34 bits per heavy atom. The van der Waals surface area contributed by atoms with E-state index in [1.165, 1.54) is 167 Å². The van der Waals surface area contributed by atoms with Crippen LogP contribution < -0.4 is 10.2 Å². The molecule has 0 aromatic carbocycles. The zero-order valence-corrected chi connectivity index (χ0v) is 44.1. The van der Waals surface area contributed by atoms with E-state index in [9.17, 15) is 19.4 Å². The van der Waals surface area contributed by atoms with Crippen molar-refractivity contribution in [2.45, 2.75) is 251 Å². The summed E-state index contributed by atoms with van der Waals surface area (Å²) < 4.78 is 23.3. The second kappa shape index (κ2) is 47.3. The van der Waals surface area contributed by atoms with Crippen molar-refractivity contribution in [3.8, 4) is 0 Å². The van der Waals surface area contributed by atoms with Gasteiger partial charge in [-0.2, -0.15) is 0 Å². The Balaban J connectivity index is 4.34. The highest BCUT2D eigenvalue weighted by atomic mass is 31.2. The van der Waals surface area contributed by atoms with E-state index in [4.69, 9.17) is 9.05 Å². The van der Waals surface area contributed by atoms with E-state index >= 15 is 0 Å². The lowest BCUT2D eigenvalue weighted by molar-refractivity contribution is -0.870. The van der Waals surface area contributed by atoms with E-state index in [0.29, 0.717) is 17.4 Å². The zero-order chi connectivity index (χ0) is 47.8. The van der Waals surface area contributed by atoms with Crippen LogP contribution in [-0.2, 0) is 18.4 Å². The van der Waals surface area contributed by atoms with Crippen LogP contribution >= 0.6 is 7.82 Å². The number of phosphoric acid groups is 1. The van der Waals surface area contributed by atoms with Crippen LogP contribution in [0.15, 0.2) is 60.8 Å². The summed E-state index contributed by atoms with van der Waals surface area (Å²) in [6.07, 6.45) is 62.8. The van der Waals surface area contributed by atoms with Gasteiger partial charge in [0.05, 0.1) is 39.9 Å². The van der Waals surface area contributed by atoms with Gasteiger partial charge >= 0.3 is 0 Å². The first-order valence-electron chi connectivity index (χ1n) is 27.2. The number of aliphatic hydroxyl groups is 1. The number of hydrogen-bond donors (Lipinski definition) is 2. The highest BCUT2D eigenvalue weighted by molar-refractivity contribution is 7.45. The summed E-state index contributed by atoms with van der Waals surface area (Å²) in [4.78, 5) is 25.4. The largest absolute Gasteiger partial charge is 0.756 e. The maximum absolute atomic E-state index is 12.9. The van der Waals surface area contributed by atoms with Crippen molar-refractivity contribution in [3.05, 3.63) is 60.8 Å². The Kier molecular flexibility index (Phi) is 46.0. The number of aliphatic hydroxyl groups excluding tert-OH is 1. The summed E-state index contributed by atoms with van der Waals surface area (Å²) in [6, 6.07) is -0.913. The van der Waals surface area contributed by atoms with E-state index in [0.717, 1.165) is 51.4 Å². The van der Waals surface area contributed by atoms with Gasteiger partial charge in [0, 0.05) is 6.42 Å². The number of hydrogen-bond acceptors (Lipinski definition) is 6. The van der Waals surface area contributed by atoms with E-state index in [1.807, 2.05) is 27.2 Å². The molecule has 0 rings (SSSR count). The molecule has 0 bridgehead atoms. The number of allylic oxidation sites excluding steroid dienone is 9.